The minimum absolute atomic E-state index is 0.0171. The standard InChI is InChI=1S/C15H20N4O2S/c1-10-11(2)22-14-13(10)15(21)19(9-17-14)8-12(20)18-6-3-4-16-5-7-18/h9,16H,3-8H2,1-2H3. The number of carbonyl (C=O) groups excluding carboxylic acids is 1. The highest BCUT2D eigenvalue weighted by Gasteiger charge is 2.18. The molecule has 0 bridgehead atoms. The molecule has 7 heteroatoms. The van der Waals surface area contributed by atoms with Crippen molar-refractivity contribution < 1.29 is 4.79 Å². The summed E-state index contributed by atoms with van der Waals surface area (Å²) in [4.78, 5) is 33.0. The fourth-order valence-corrected chi connectivity index (χ4v) is 3.71. The van der Waals surface area contributed by atoms with Crippen molar-refractivity contribution in [1.82, 2.24) is 19.8 Å². The Balaban J connectivity index is 1.87. The molecule has 3 rings (SSSR count). The first kappa shape index (κ1) is 15.2. The Morgan fingerprint density at radius 2 is 2.18 bits per heavy atom. The van der Waals surface area contributed by atoms with Crippen LogP contribution in [0.4, 0.5) is 0 Å². The molecule has 1 N–H and O–H groups in total. The summed E-state index contributed by atoms with van der Waals surface area (Å²) >= 11 is 1.52. The number of thiophene rings is 1. The van der Waals surface area contributed by atoms with E-state index in [1.165, 1.54) is 22.2 Å². The van der Waals surface area contributed by atoms with Gasteiger partial charge in [0, 0.05) is 24.5 Å². The quantitative estimate of drug-likeness (QED) is 0.893. The number of hydrogen-bond acceptors (Lipinski definition) is 5. The van der Waals surface area contributed by atoms with Crippen LogP contribution in [0.25, 0.3) is 10.2 Å². The molecule has 2 aromatic heterocycles. The van der Waals surface area contributed by atoms with Crippen LogP contribution in [0.2, 0.25) is 0 Å². The van der Waals surface area contributed by atoms with Gasteiger partial charge in [0.15, 0.2) is 0 Å². The second-order valence-electron chi connectivity index (χ2n) is 5.63. The zero-order valence-electron chi connectivity index (χ0n) is 12.9. The van der Waals surface area contributed by atoms with Crippen LogP contribution >= 0.6 is 11.3 Å². The zero-order valence-corrected chi connectivity index (χ0v) is 13.7. The lowest BCUT2D eigenvalue weighted by Gasteiger charge is -2.20. The third kappa shape index (κ3) is 2.78. The van der Waals surface area contributed by atoms with Gasteiger partial charge < -0.3 is 10.2 Å². The van der Waals surface area contributed by atoms with Gasteiger partial charge in [0.1, 0.15) is 11.4 Å². The van der Waals surface area contributed by atoms with Crippen molar-refractivity contribution in [2.45, 2.75) is 26.8 Å². The van der Waals surface area contributed by atoms with Crippen LogP contribution in [-0.4, -0.2) is 46.5 Å². The molecule has 0 saturated carbocycles. The number of amides is 1. The molecule has 1 aliphatic rings. The Labute approximate surface area is 132 Å². The van der Waals surface area contributed by atoms with E-state index in [2.05, 4.69) is 10.3 Å². The molecule has 118 valence electrons. The topological polar surface area (TPSA) is 67.2 Å². The maximum atomic E-state index is 12.6. The molecule has 2 aromatic rings. The average molecular weight is 320 g/mol. The van der Waals surface area contributed by atoms with E-state index in [9.17, 15) is 9.59 Å². The highest BCUT2D eigenvalue weighted by Crippen LogP contribution is 2.25. The molecule has 3 heterocycles. The number of rotatable bonds is 2. The van der Waals surface area contributed by atoms with Crippen LogP contribution in [-0.2, 0) is 11.3 Å². The lowest BCUT2D eigenvalue weighted by atomic mass is 10.2. The first-order valence-electron chi connectivity index (χ1n) is 7.51. The normalized spacial score (nSPS) is 16.0. The largest absolute Gasteiger partial charge is 0.340 e. The first-order valence-corrected chi connectivity index (χ1v) is 8.33. The number of aryl methyl sites for hydroxylation is 2. The number of nitrogens with zero attached hydrogens (tertiary/aromatic N) is 3. The first-order chi connectivity index (χ1) is 10.6. The minimum Gasteiger partial charge on any atom is -0.340 e. The van der Waals surface area contributed by atoms with Crippen LogP contribution in [0, 0.1) is 13.8 Å². The van der Waals surface area contributed by atoms with Crippen molar-refractivity contribution in [3.05, 3.63) is 27.1 Å². The Morgan fingerprint density at radius 3 is 3.00 bits per heavy atom. The molecule has 1 fully saturated rings. The highest BCUT2D eigenvalue weighted by molar-refractivity contribution is 7.18. The third-order valence-electron chi connectivity index (χ3n) is 4.15. The highest BCUT2D eigenvalue weighted by atomic mass is 32.1. The van der Waals surface area contributed by atoms with Crippen molar-refractivity contribution in [3.8, 4) is 0 Å². The van der Waals surface area contributed by atoms with Gasteiger partial charge >= 0.3 is 0 Å². The fourth-order valence-electron chi connectivity index (χ4n) is 2.72. The molecule has 0 atom stereocenters. The van der Waals surface area contributed by atoms with Crippen molar-refractivity contribution in [2.75, 3.05) is 26.2 Å². The Hall–Kier alpha value is -1.73. The van der Waals surface area contributed by atoms with E-state index in [0.717, 1.165) is 41.3 Å². The SMILES string of the molecule is Cc1sc2ncn(CC(=O)N3CCCNCC3)c(=O)c2c1C. The number of aromatic nitrogens is 2. The van der Waals surface area contributed by atoms with Gasteiger partial charge in [0.05, 0.1) is 11.7 Å². The van der Waals surface area contributed by atoms with E-state index >= 15 is 0 Å². The molecule has 0 unspecified atom stereocenters. The Bertz CT molecular complexity index is 757. The van der Waals surface area contributed by atoms with E-state index in [-0.39, 0.29) is 18.0 Å². The number of carbonyl (C=O) groups is 1. The van der Waals surface area contributed by atoms with Gasteiger partial charge in [-0.05, 0) is 32.4 Å². The molecular weight excluding hydrogens is 300 g/mol. The Kier molecular flexibility index (Phi) is 4.26. The predicted molar refractivity (Wildman–Crippen MR) is 87.4 cm³/mol. The lowest BCUT2D eigenvalue weighted by Crippen LogP contribution is -2.38. The molecule has 0 aromatic carbocycles. The van der Waals surface area contributed by atoms with Gasteiger partial charge in [0.25, 0.3) is 5.56 Å². The van der Waals surface area contributed by atoms with Crippen LogP contribution in [0.5, 0.6) is 0 Å². The molecule has 6 nitrogen and oxygen atoms in total. The predicted octanol–water partition coefficient (Wildman–Crippen LogP) is 0.897. The van der Waals surface area contributed by atoms with E-state index in [1.54, 1.807) is 0 Å². The molecule has 0 radical (unpaired) electrons. The van der Waals surface area contributed by atoms with E-state index in [4.69, 9.17) is 0 Å². The average Bonchev–Trinajstić information content (AvgIpc) is 2.71. The van der Waals surface area contributed by atoms with Crippen LogP contribution in [0.15, 0.2) is 11.1 Å². The molecule has 1 saturated heterocycles. The maximum Gasteiger partial charge on any atom is 0.262 e. The summed E-state index contributed by atoms with van der Waals surface area (Å²) in [5.74, 6) is -0.0171. The molecule has 1 amide bonds. The molecule has 1 aliphatic heterocycles. The smallest absolute Gasteiger partial charge is 0.262 e. The van der Waals surface area contributed by atoms with Gasteiger partial charge in [-0.1, -0.05) is 0 Å². The summed E-state index contributed by atoms with van der Waals surface area (Å²) in [6.07, 6.45) is 2.44. The summed E-state index contributed by atoms with van der Waals surface area (Å²) in [6.45, 7) is 7.17. The summed E-state index contributed by atoms with van der Waals surface area (Å²) in [5, 5.41) is 3.92. The summed E-state index contributed by atoms with van der Waals surface area (Å²) in [7, 11) is 0. The van der Waals surface area contributed by atoms with Gasteiger partial charge in [0.2, 0.25) is 5.91 Å². The molecule has 22 heavy (non-hydrogen) atoms. The van der Waals surface area contributed by atoms with Crippen LogP contribution < -0.4 is 10.9 Å². The van der Waals surface area contributed by atoms with E-state index in [1.807, 2.05) is 18.7 Å². The van der Waals surface area contributed by atoms with E-state index in [0.29, 0.717) is 11.9 Å². The van der Waals surface area contributed by atoms with Crippen LogP contribution in [0.3, 0.4) is 0 Å². The van der Waals surface area contributed by atoms with Gasteiger partial charge in [-0.15, -0.1) is 11.3 Å². The lowest BCUT2D eigenvalue weighted by molar-refractivity contribution is -0.131. The van der Waals surface area contributed by atoms with Crippen LogP contribution in [0.1, 0.15) is 16.9 Å². The summed E-state index contributed by atoms with van der Waals surface area (Å²) < 4.78 is 1.43. The second-order valence-corrected chi connectivity index (χ2v) is 6.83. The zero-order chi connectivity index (χ0) is 15.7. The van der Waals surface area contributed by atoms with Gasteiger partial charge in [-0.25, -0.2) is 4.98 Å². The molecular formula is C15H20N4O2S. The third-order valence-corrected chi connectivity index (χ3v) is 5.27. The van der Waals surface area contributed by atoms with E-state index < -0.39 is 0 Å². The van der Waals surface area contributed by atoms with Gasteiger partial charge in [-0.2, -0.15) is 0 Å². The number of fused-ring (bicyclic) bond motifs is 1. The minimum atomic E-state index is -0.117. The summed E-state index contributed by atoms with van der Waals surface area (Å²) in [5.41, 5.74) is 0.853. The Morgan fingerprint density at radius 1 is 1.36 bits per heavy atom. The number of nitrogens with one attached hydrogen (secondary N) is 1. The van der Waals surface area contributed by atoms with Crippen molar-refractivity contribution in [1.29, 1.82) is 0 Å². The van der Waals surface area contributed by atoms with Crippen molar-refractivity contribution >= 4 is 27.5 Å². The second kappa shape index (κ2) is 6.18. The monoisotopic (exact) mass is 320 g/mol. The molecule has 0 aliphatic carbocycles. The number of hydrogen-bond donors (Lipinski definition) is 1. The van der Waals surface area contributed by atoms with Crippen molar-refractivity contribution in [3.63, 3.8) is 0 Å². The maximum absolute atomic E-state index is 12.6. The van der Waals surface area contributed by atoms with Gasteiger partial charge in [-0.3, -0.25) is 14.2 Å². The van der Waals surface area contributed by atoms with Crippen molar-refractivity contribution in [2.24, 2.45) is 0 Å². The molecule has 0 spiro atoms. The fraction of sp³-hybridized carbons (Fsp3) is 0.533. The summed E-state index contributed by atoms with van der Waals surface area (Å²) in [6, 6.07) is 0.